The maximum Gasteiger partial charge on any atom is 0.307 e. The lowest BCUT2D eigenvalue weighted by molar-refractivity contribution is -0.151. The summed E-state index contributed by atoms with van der Waals surface area (Å²) < 4.78 is 0. The molecule has 0 aromatic carbocycles. The standard InChI is InChI=1S/C18H24N4O3/c1-12-10-14(15(17(24)25)11-13(12)2)16(23)21-6-8-22(9-7-21)18-19-4-3-5-20-18/h3-5,14-15H,6-11H2,1-2H3,(H,24,25). The van der Waals surface area contributed by atoms with Gasteiger partial charge in [0.15, 0.2) is 0 Å². The number of hydrogen-bond donors (Lipinski definition) is 1. The molecule has 25 heavy (non-hydrogen) atoms. The van der Waals surface area contributed by atoms with Crippen molar-refractivity contribution in [1.82, 2.24) is 14.9 Å². The van der Waals surface area contributed by atoms with Crippen LogP contribution in [0.2, 0.25) is 0 Å². The zero-order valence-electron chi connectivity index (χ0n) is 14.7. The number of carboxylic acid groups (broad SMARTS) is 1. The Kier molecular flexibility index (Phi) is 5.01. The zero-order valence-corrected chi connectivity index (χ0v) is 14.7. The summed E-state index contributed by atoms with van der Waals surface area (Å²) in [6.45, 7) is 6.43. The minimum Gasteiger partial charge on any atom is -0.481 e. The highest BCUT2D eigenvalue weighted by molar-refractivity contribution is 5.86. The minimum atomic E-state index is -0.874. The lowest BCUT2D eigenvalue weighted by Crippen LogP contribution is -2.52. The second-order valence-electron chi connectivity index (χ2n) is 6.88. The molecule has 3 rings (SSSR count). The highest BCUT2D eigenvalue weighted by Crippen LogP contribution is 2.35. The summed E-state index contributed by atoms with van der Waals surface area (Å²) in [4.78, 5) is 36.9. The van der Waals surface area contributed by atoms with Crippen LogP contribution in [0.1, 0.15) is 26.7 Å². The lowest BCUT2D eigenvalue weighted by Gasteiger charge is -2.38. The largest absolute Gasteiger partial charge is 0.481 e. The van der Waals surface area contributed by atoms with Crippen LogP contribution in [0, 0.1) is 11.8 Å². The molecule has 1 fully saturated rings. The Labute approximate surface area is 147 Å². The first kappa shape index (κ1) is 17.4. The van der Waals surface area contributed by atoms with E-state index in [1.165, 1.54) is 0 Å². The van der Waals surface area contributed by atoms with Crippen molar-refractivity contribution >= 4 is 17.8 Å². The van der Waals surface area contributed by atoms with E-state index >= 15 is 0 Å². The van der Waals surface area contributed by atoms with E-state index in [2.05, 4.69) is 14.9 Å². The van der Waals surface area contributed by atoms with E-state index in [-0.39, 0.29) is 5.91 Å². The fraction of sp³-hybridized carbons (Fsp3) is 0.556. The molecule has 7 heteroatoms. The summed E-state index contributed by atoms with van der Waals surface area (Å²) in [5, 5.41) is 9.53. The van der Waals surface area contributed by atoms with Gasteiger partial charge in [-0.05, 0) is 32.8 Å². The van der Waals surface area contributed by atoms with Gasteiger partial charge in [0, 0.05) is 38.6 Å². The monoisotopic (exact) mass is 344 g/mol. The number of nitrogens with zero attached hydrogens (tertiary/aromatic N) is 4. The van der Waals surface area contributed by atoms with Gasteiger partial charge >= 0.3 is 5.97 Å². The Morgan fingerprint density at radius 2 is 1.56 bits per heavy atom. The topological polar surface area (TPSA) is 86.6 Å². The SMILES string of the molecule is CC1=C(C)CC(C(=O)N2CCN(c3ncccn3)CC2)C(C(=O)O)C1. The van der Waals surface area contributed by atoms with Crippen LogP contribution < -0.4 is 4.90 Å². The third kappa shape index (κ3) is 3.65. The fourth-order valence-electron chi connectivity index (χ4n) is 3.63. The van der Waals surface area contributed by atoms with Crippen LogP contribution in [-0.4, -0.2) is 58.0 Å². The molecule has 2 heterocycles. The van der Waals surface area contributed by atoms with Crippen LogP contribution in [0.15, 0.2) is 29.6 Å². The van der Waals surface area contributed by atoms with Crippen LogP contribution in [-0.2, 0) is 9.59 Å². The molecule has 0 bridgehead atoms. The molecule has 0 saturated carbocycles. The van der Waals surface area contributed by atoms with E-state index in [4.69, 9.17) is 0 Å². The smallest absolute Gasteiger partial charge is 0.307 e. The molecule has 1 aliphatic carbocycles. The average molecular weight is 344 g/mol. The predicted molar refractivity (Wildman–Crippen MR) is 93.0 cm³/mol. The number of carboxylic acids is 1. The third-order valence-corrected chi connectivity index (χ3v) is 5.33. The van der Waals surface area contributed by atoms with E-state index < -0.39 is 17.8 Å². The molecule has 2 unspecified atom stereocenters. The number of hydrogen-bond acceptors (Lipinski definition) is 5. The van der Waals surface area contributed by atoms with Crippen molar-refractivity contribution < 1.29 is 14.7 Å². The van der Waals surface area contributed by atoms with Gasteiger partial charge in [0.2, 0.25) is 11.9 Å². The zero-order chi connectivity index (χ0) is 18.0. The Hall–Kier alpha value is -2.44. The Morgan fingerprint density at radius 1 is 1.00 bits per heavy atom. The summed E-state index contributed by atoms with van der Waals surface area (Å²) >= 11 is 0. The Bertz CT molecular complexity index is 681. The van der Waals surface area contributed by atoms with Gasteiger partial charge < -0.3 is 14.9 Å². The van der Waals surface area contributed by atoms with Crippen LogP contribution in [0.25, 0.3) is 0 Å². The van der Waals surface area contributed by atoms with Crippen molar-refractivity contribution in [3.8, 4) is 0 Å². The third-order valence-electron chi connectivity index (χ3n) is 5.33. The molecular weight excluding hydrogens is 320 g/mol. The van der Waals surface area contributed by atoms with Gasteiger partial charge in [0.25, 0.3) is 0 Å². The highest BCUT2D eigenvalue weighted by atomic mass is 16.4. The second-order valence-corrected chi connectivity index (χ2v) is 6.88. The summed E-state index contributed by atoms with van der Waals surface area (Å²) in [5.41, 5.74) is 2.25. The number of allylic oxidation sites excluding steroid dienone is 2. The Balaban J connectivity index is 1.66. The van der Waals surface area contributed by atoms with Gasteiger partial charge in [-0.3, -0.25) is 9.59 Å². The van der Waals surface area contributed by atoms with Crippen LogP contribution in [0.3, 0.4) is 0 Å². The maximum absolute atomic E-state index is 13.0. The number of carbonyl (C=O) groups is 2. The van der Waals surface area contributed by atoms with E-state index in [0.29, 0.717) is 45.0 Å². The first-order chi connectivity index (χ1) is 12.0. The maximum atomic E-state index is 13.0. The lowest BCUT2D eigenvalue weighted by atomic mass is 9.76. The first-order valence-electron chi connectivity index (χ1n) is 8.66. The van der Waals surface area contributed by atoms with Crippen molar-refractivity contribution in [2.75, 3.05) is 31.1 Å². The van der Waals surface area contributed by atoms with Crippen molar-refractivity contribution in [3.63, 3.8) is 0 Å². The van der Waals surface area contributed by atoms with Crippen LogP contribution in [0.5, 0.6) is 0 Å². The van der Waals surface area contributed by atoms with Crippen molar-refractivity contribution in [2.24, 2.45) is 11.8 Å². The number of piperazine rings is 1. The molecule has 1 aliphatic heterocycles. The summed E-state index contributed by atoms with van der Waals surface area (Å²) in [6.07, 6.45) is 4.42. The summed E-state index contributed by atoms with van der Waals surface area (Å²) in [7, 11) is 0. The van der Waals surface area contributed by atoms with Crippen LogP contribution >= 0.6 is 0 Å². The number of rotatable bonds is 3. The molecule has 2 atom stereocenters. The molecule has 1 saturated heterocycles. The fourth-order valence-corrected chi connectivity index (χ4v) is 3.63. The van der Waals surface area contributed by atoms with Gasteiger partial charge in [-0.2, -0.15) is 0 Å². The van der Waals surface area contributed by atoms with Gasteiger partial charge in [-0.15, -0.1) is 0 Å². The van der Waals surface area contributed by atoms with E-state index in [1.807, 2.05) is 13.8 Å². The number of carbonyl (C=O) groups excluding carboxylic acids is 1. The second kappa shape index (κ2) is 7.21. The number of aromatic nitrogens is 2. The van der Waals surface area contributed by atoms with Gasteiger partial charge in [-0.1, -0.05) is 11.1 Å². The van der Waals surface area contributed by atoms with Gasteiger partial charge in [0.1, 0.15) is 0 Å². The van der Waals surface area contributed by atoms with Crippen molar-refractivity contribution in [1.29, 1.82) is 0 Å². The molecule has 134 valence electrons. The Morgan fingerprint density at radius 3 is 2.12 bits per heavy atom. The molecular formula is C18H24N4O3. The van der Waals surface area contributed by atoms with Gasteiger partial charge in [0.05, 0.1) is 11.8 Å². The summed E-state index contributed by atoms with van der Waals surface area (Å²) in [6, 6.07) is 1.77. The first-order valence-corrected chi connectivity index (χ1v) is 8.66. The predicted octanol–water partition coefficient (Wildman–Crippen LogP) is 1.57. The molecule has 1 amide bonds. The molecule has 1 N–H and O–H groups in total. The number of amides is 1. The van der Waals surface area contributed by atoms with Crippen molar-refractivity contribution in [3.05, 3.63) is 29.6 Å². The van der Waals surface area contributed by atoms with Crippen LogP contribution in [0.4, 0.5) is 5.95 Å². The van der Waals surface area contributed by atoms with E-state index in [1.54, 1.807) is 23.4 Å². The molecule has 1 aromatic rings. The minimum absolute atomic E-state index is 0.0344. The molecule has 0 spiro atoms. The van der Waals surface area contributed by atoms with E-state index in [9.17, 15) is 14.7 Å². The van der Waals surface area contributed by atoms with Gasteiger partial charge in [-0.25, -0.2) is 9.97 Å². The molecule has 0 radical (unpaired) electrons. The van der Waals surface area contributed by atoms with Crippen molar-refractivity contribution in [2.45, 2.75) is 26.7 Å². The molecule has 2 aliphatic rings. The normalized spacial score (nSPS) is 24.4. The highest BCUT2D eigenvalue weighted by Gasteiger charge is 2.39. The number of aliphatic carboxylic acids is 1. The molecule has 1 aromatic heterocycles. The quantitative estimate of drug-likeness (QED) is 0.838. The average Bonchev–Trinajstić information content (AvgIpc) is 2.63. The van der Waals surface area contributed by atoms with E-state index in [0.717, 1.165) is 11.1 Å². The summed E-state index contributed by atoms with van der Waals surface area (Å²) in [5.74, 6) is -1.31. The molecule has 7 nitrogen and oxygen atoms in total. The number of anilines is 1.